The Bertz CT molecular complexity index is 493. The highest BCUT2D eigenvalue weighted by Gasteiger charge is 1.98. The van der Waals surface area contributed by atoms with E-state index < -0.39 is 0 Å². The smallest absolute Gasteiger partial charge is 0.255 e. The molecule has 0 aliphatic heterocycles. The van der Waals surface area contributed by atoms with Crippen LogP contribution in [0, 0.1) is 3.57 Å². The van der Waals surface area contributed by atoms with Crippen LogP contribution < -0.4 is 5.56 Å². The fraction of sp³-hybridized carbons (Fsp3) is 0. The molecule has 2 heterocycles. The summed E-state index contributed by atoms with van der Waals surface area (Å²) in [5, 5.41) is 0. The molecular weight excluding hydrogens is 291 g/mol. The SMILES string of the molecule is O=c1ccc(I)cn1-c1ccncc1. The Morgan fingerprint density at radius 1 is 1.14 bits per heavy atom. The predicted molar refractivity (Wildman–Crippen MR) is 62.6 cm³/mol. The number of halogens is 1. The molecule has 0 amide bonds. The van der Waals surface area contributed by atoms with Crippen LogP contribution in [0.3, 0.4) is 0 Å². The summed E-state index contributed by atoms with van der Waals surface area (Å²) >= 11 is 2.17. The first kappa shape index (κ1) is 9.39. The number of rotatable bonds is 1. The molecule has 2 aromatic heterocycles. The lowest BCUT2D eigenvalue weighted by molar-refractivity contribution is 0.977. The van der Waals surface area contributed by atoms with Crippen LogP contribution in [-0.2, 0) is 0 Å². The van der Waals surface area contributed by atoms with Crippen LogP contribution in [0.4, 0.5) is 0 Å². The summed E-state index contributed by atoms with van der Waals surface area (Å²) in [6.45, 7) is 0. The maximum absolute atomic E-state index is 11.5. The second-order valence-electron chi connectivity index (χ2n) is 2.76. The zero-order chi connectivity index (χ0) is 9.97. The van der Waals surface area contributed by atoms with Crippen LogP contribution >= 0.6 is 22.6 Å². The molecule has 4 heteroatoms. The summed E-state index contributed by atoms with van der Waals surface area (Å²) in [7, 11) is 0. The van der Waals surface area contributed by atoms with Gasteiger partial charge in [-0.15, -0.1) is 0 Å². The molecule has 3 nitrogen and oxygen atoms in total. The zero-order valence-corrected chi connectivity index (χ0v) is 9.38. The van der Waals surface area contributed by atoms with Crippen LogP contribution in [0.15, 0.2) is 47.7 Å². The van der Waals surface area contributed by atoms with Gasteiger partial charge < -0.3 is 0 Å². The van der Waals surface area contributed by atoms with Gasteiger partial charge in [-0.25, -0.2) is 0 Å². The molecule has 0 atom stereocenters. The lowest BCUT2D eigenvalue weighted by Crippen LogP contribution is -2.16. The highest BCUT2D eigenvalue weighted by atomic mass is 127. The Morgan fingerprint density at radius 2 is 1.86 bits per heavy atom. The van der Waals surface area contributed by atoms with E-state index in [4.69, 9.17) is 0 Å². The molecule has 0 radical (unpaired) electrons. The van der Waals surface area contributed by atoms with Crippen LogP contribution in [0.25, 0.3) is 5.69 Å². The van der Waals surface area contributed by atoms with Gasteiger partial charge in [-0.3, -0.25) is 14.3 Å². The van der Waals surface area contributed by atoms with Crippen molar-refractivity contribution in [3.63, 3.8) is 0 Å². The first-order valence-corrected chi connectivity index (χ1v) is 5.14. The number of pyridine rings is 2. The molecular formula is C10H7IN2O. The molecule has 2 rings (SSSR count). The third-order valence-electron chi connectivity index (χ3n) is 1.82. The van der Waals surface area contributed by atoms with E-state index in [2.05, 4.69) is 27.6 Å². The van der Waals surface area contributed by atoms with Crippen molar-refractivity contribution >= 4 is 22.6 Å². The van der Waals surface area contributed by atoms with E-state index in [0.717, 1.165) is 9.26 Å². The molecule has 0 saturated carbocycles. The van der Waals surface area contributed by atoms with Gasteiger partial charge >= 0.3 is 0 Å². The first-order valence-electron chi connectivity index (χ1n) is 4.06. The van der Waals surface area contributed by atoms with Crippen molar-refractivity contribution < 1.29 is 0 Å². The third-order valence-corrected chi connectivity index (χ3v) is 2.45. The van der Waals surface area contributed by atoms with Gasteiger partial charge in [0.25, 0.3) is 5.56 Å². The molecule has 14 heavy (non-hydrogen) atoms. The standard InChI is InChI=1S/C10H7IN2O/c11-8-1-2-10(14)13(7-8)9-3-5-12-6-4-9/h1-7H. The number of aromatic nitrogens is 2. The fourth-order valence-electron chi connectivity index (χ4n) is 1.17. The van der Waals surface area contributed by atoms with E-state index in [9.17, 15) is 4.79 Å². The van der Waals surface area contributed by atoms with E-state index in [1.54, 1.807) is 47.4 Å². The molecule has 0 spiro atoms. The minimum absolute atomic E-state index is 0.0309. The molecule has 70 valence electrons. The second-order valence-corrected chi connectivity index (χ2v) is 4.01. The molecule has 0 N–H and O–H groups in total. The molecule has 2 aromatic rings. The average Bonchev–Trinajstić information content (AvgIpc) is 2.23. The van der Waals surface area contributed by atoms with Gasteiger partial charge in [0, 0.05) is 28.2 Å². The molecule has 0 aliphatic carbocycles. The zero-order valence-electron chi connectivity index (χ0n) is 7.22. The molecule has 0 fully saturated rings. The van der Waals surface area contributed by atoms with Gasteiger partial charge in [-0.05, 0) is 40.8 Å². The molecule has 0 aliphatic rings. The summed E-state index contributed by atoms with van der Waals surface area (Å²) in [5.74, 6) is 0. The minimum atomic E-state index is -0.0309. The van der Waals surface area contributed by atoms with Crippen LogP contribution in [-0.4, -0.2) is 9.55 Å². The summed E-state index contributed by atoms with van der Waals surface area (Å²) in [6.07, 6.45) is 5.14. The van der Waals surface area contributed by atoms with Crippen molar-refractivity contribution in [2.45, 2.75) is 0 Å². The Labute approximate surface area is 94.6 Å². The normalized spacial score (nSPS) is 10.1. The van der Waals surface area contributed by atoms with E-state index in [-0.39, 0.29) is 5.56 Å². The summed E-state index contributed by atoms with van der Waals surface area (Å²) in [5.41, 5.74) is 0.806. The van der Waals surface area contributed by atoms with E-state index in [1.807, 2.05) is 0 Å². The summed E-state index contributed by atoms with van der Waals surface area (Å²) in [4.78, 5) is 15.4. The van der Waals surface area contributed by atoms with Crippen molar-refractivity contribution in [3.05, 3.63) is 56.8 Å². The fourth-order valence-corrected chi connectivity index (χ4v) is 1.63. The quantitative estimate of drug-likeness (QED) is 0.753. The molecule has 0 unspecified atom stereocenters. The van der Waals surface area contributed by atoms with E-state index >= 15 is 0 Å². The summed E-state index contributed by atoms with van der Waals surface area (Å²) < 4.78 is 2.63. The summed E-state index contributed by atoms with van der Waals surface area (Å²) in [6, 6.07) is 6.96. The Morgan fingerprint density at radius 3 is 2.57 bits per heavy atom. The topological polar surface area (TPSA) is 34.9 Å². The Balaban J connectivity index is 2.63. The van der Waals surface area contributed by atoms with Crippen LogP contribution in [0.1, 0.15) is 0 Å². The van der Waals surface area contributed by atoms with E-state index in [0.29, 0.717) is 0 Å². The van der Waals surface area contributed by atoms with Crippen LogP contribution in [0.5, 0.6) is 0 Å². The lowest BCUT2D eigenvalue weighted by atomic mass is 10.4. The first-order chi connectivity index (χ1) is 6.77. The van der Waals surface area contributed by atoms with Gasteiger partial charge in [0.15, 0.2) is 0 Å². The Hall–Kier alpha value is -1.17. The van der Waals surface area contributed by atoms with Crippen molar-refractivity contribution in [3.8, 4) is 5.69 Å². The highest BCUT2D eigenvalue weighted by molar-refractivity contribution is 14.1. The third kappa shape index (κ3) is 1.84. The van der Waals surface area contributed by atoms with Gasteiger partial charge in [0.05, 0.1) is 5.69 Å². The predicted octanol–water partition coefficient (Wildman–Crippen LogP) is 1.84. The van der Waals surface area contributed by atoms with Gasteiger partial charge in [0.1, 0.15) is 0 Å². The number of hydrogen-bond donors (Lipinski definition) is 0. The van der Waals surface area contributed by atoms with Crippen molar-refractivity contribution in [1.82, 2.24) is 9.55 Å². The largest absolute Gasteiger partial charge is 0.283 e. The highest BCUT2D eigenvalue weighted by Crippen LogP contribution is 2.05. The van der Waals surface area contributed by atoms with Gasteiger partial charge in [-0.2, -0.15) is 0 Å². The maximum Gasteiger partial charge on any atom is 0.255 e. The molecule has 0 saturated heterocycles. The maximum atomic E-state index is 11.5. The number of nitrogens with zero attached hydrogens (tertiary/aromatic N) is 2. The van der Waals surface area contributed by atoms with Crippen molar-refractivity contribution in [2.75, 3.05) is 0 Å². The lowest BCUT2D eigenvalue weighted by Gasteiger charge is -2.04. The molecule has 0 bridgehead atoms. The molecule has 0 aromatic carbocycles. The van der Waals surface area contributed by atoms with Crippen molar-refractivity contribution in [1.29, 1.82) is 0 Å². The van der Waals surface area contributed by atoms with Crippen molar-refractivity contribution in [2.24, 2.45) is 0 Å². The van der Waals surface area contributed by atoms with E-state index in [1.165, 1.54) is 0 Å². The average molecular weight is 298 g/mol. The monoisotopic (exact) mass is 298 g/mol. The van der Waals surface area contributed by atoms with Gasteiger partial charge in [-0.1, -0.05) is 0 Å². The van der Waals surface area contributed by atoms with Crippen LogP contribution in [0.2, 0.25) is 0 Å². The number of hydrogen-bond acceptors (Lipinski definition) is 2. The van der Waals surface area contributed by atoms with Gasteiger partial charge in [0.2, 0.25) is 0 Å². The second kappa shape index (κ2) is 3.91. The minimum Gasteiger partial charge on any atom is -0.283 e. The Kier molecular flexibility index (Phi) is 2.62.